The lowest BCUT2D eigenvalue weighted by Gasteiger charge is -2.25. The predicted molar refractivity (Wildman–Crippen MR) is 73.6 cm³/mol. The summed E-state index contributed by atoms with van der Waals surface area (Å²) in [4.78, 5) is 12.4. The minimum atomic E-state index is -1.83. The van der Waals surface area contributed by atoms with Crippen molar-refractivity contribution in [1.29, 1.82) is 0 Å². The van der Waals surface area contributed by atoms with Crippen LogP contribution in [0.15, 0.2) is 53.6 Å². The number of carbonyl (C=O) groups is 1. The second-order valence-corrected chi connectivity index (χ2v) is 4.85. The van der Waals surface area contributed by atoms with Gasteiger partial charge in [0.2, 0.25) is 0 Å². The average molecular weight is 258 g/mol. The molecule has 1 aromatic rings. The normalized spacial score (nSPS) is 17.6. The predicted octanol–water partition coefficient (Wildman–Crippen LogP) is 2.61. The summed E-state index contributed by atoms with van der Waals surface area (Å²) in [6, 6.07) is 9.05. The molecule has 2 N–H and O–H groups in total. The Labute approximate surface area is 112 Å². The number of rotatable bonds is 4. The van der Waals surface area contributed by atoms with Crippen LogP contribution in [0.5, 0.6) is 0 Å². The number of allylic oxidation sites excluding steroid dienone is 2. The fraction of sp³-hybridized carbons (Fsp3) is 0.312. The molecule has 0 atom stereocenters. The van der Waals surface area contributed by atoms with Crippen molar-refractivity contribution in [1.82, 2.24) is 0 Å². The van der Waals surface area contributed by atoms with Gasteiger partial charge in [0.25, 0.3) is 0 Å². The Morgan fingerprint density at radius 1 is 1.26 bits per heavy atom. The number of ketones is 1. The maximum absolute atomic E-state index is 12.4. The van der Waals surface area contributed by atoms with Gasteiger partial charge in [0.15, 0.2) is 11.6 Å². The largest absolute Gasteiger partial charge is 0.362 e. The van der Waals surface area contributed by atoms with Gasteiger partial charge in [-0.25, -0.2) is 0 Å². The standard InChI is InChI=1S/C16H18O3/c1-2-6-13-11-16(18,19)10-9-14(13)15(17)12-7-4-3-5-8-12/h3-5,7-10,18-19H,2,6,11H2,1H3. The van der Waals surface area contributed by atoms with E-state index in [0.717, 1.165) is 12.0 Å². The topological polar surface area (TPSA) is 57.5 Å². The number of Topliss-reactive ketones (excluding diaryl/α,β-unsaturated/α-hetero) is 1. The third-order valence-electron chi connectivity index (χ3n) is 3.20. The van der Waals surface area contributed by atoms with E-state index in [4.69, 9.17) is 0 Å². The van der Waals surface area contributed by atoms with Gasteiger partial charge >= 0.3 is 0 Å². The quantitative estimate of drug-likeness (QED) is 0.644. The molecule has 0 bridgehead atoms. The van der Waals surface area contributed by atoms with Crippen LogP contribution in [0, 0.1) is 0 Å². The van der Waals surface area contributed by atoms with E-state index >= 15 is 0 Å². The van der Waals surface area contributed by atoms with Crippen molar-refractivity contribution in [3.05, 3.63) is 59.2 Å². The van der Waals surface area contributed by atoms with Crippen molar-refractivity contribution in [2.24, 2.45) is 0 Å². The van der Waals surface area contributed by atoms with Crippen molar-refractivity contribution in [3.8, 4) is 0 Å². The number of benzene rings is 1. The molecule has 0 aromatic heterocycles. The van der Waals surface area contributed by atoms with E-state index in [0.29, 0.717) is 17.6 Å². The Balaban J connectivity index is 2.36. The monoisotopic (exact) mass is 258 g/mol. The highest BCUT2D eigenvalue weighted by Crippen LogP contribution is 2.30. The third-order valence-corrected chi connectivity index (χ3v) is 3.20. The van der Waals surface area contributed by atoms with Crippen LogP contribution in [0.1, 0.15) is 36.5 Å². The van der Waals surface area contributed by atoms with Gasteiger partial charge in [-0.05, 0) is 18.6 Å². The van der Waals surface area contributed by atoms with E-state index in [1.165, 1.54) is 12.2 Å². The fourth-order valence-electron chi connectivity index (χ4n) is 2.31. The molecule has 3 heteroatoms. The lowest BCUT2D eigenvalue weighted by molar-refractivity contribution is -0.117. The Morgan fingerprint density at radius 2 is 1.95 bits per heavy atom. The lowest BCUT2D eigenvalue weighted by atomic mass is 9.87. The molecule has 100 valence electrons. The molecule has 0 aliphatic heterocycles. The Hall–Kier alpha value is -1.71. The molecule has 0 fully saturated rings. The van der Waals surface area contributed by atoms with Crippen LogP contribution in [0.4, 0.5) is 0 Å². The molecule has 0 saturated heterocycles. The third kappa shape index (κ3) is 3.19. The zero-order chi connectivity index (χ0) is 13.9. The van der Waals surface area contributed by atoms with Crippen LogP contribution >= 0.6 is 0 Å². The van der Waals surface area contributed by atoms with Crippen molar-refractivity contribution < 1.29 is 15.0 Å². The lowest BCUT2D eigenvalue weighted by Crippen LogP contribution is -2.29. The van der Waals surface area contributed by atoms with Crippen molar-refractivity contribution in [2.45, 2.75) is 32.0 Å². The summed E-state index contributed by atoms with van der Waals surface area (Å²) < 4.78 is 0. The summed E-state index contributed by atoms with van der Waals surface area (Å²) in [6.07, 6.45) is 4.48. The van der Waals surface area contributed by atoms with E-state index in [1.54, 1.807) is 12.1 Å². The Morgan fingerprint density at radius 3 is 2.58 bits per heavy atom. The van der Waals surface area contributed by atoms with Gasteiger partial charge in [-0.2, -0.15) is 0 Å². The fourth-order valence-corrected chi connectivity index (χ4v) is 2.31. The minimum Gasteiger partial charge on any atom is -0.362 e. The summed E-state index contributed by atoms with van der Waals surface area (Å²) in [7, 11) is 0. The summed E-state index contributed by atoms with van der Waals surface area (Å²) in [5.74, 6) is -1.89. The first-order chi connectivity index (χ1) is 9.03. The highest BCUT2D eigenvalue weighted by molar-refractivity contribution is 6.11. The second-order valence-electron chi connectivity index (χ2n) is 4.85. The molecular formula is C16H18O3. The molecule has 0 amide bonds. The molecule has 0 spiro atoms. The zero-order valence-corrected chi connectivity index (χ0v) is 11.0. The van der Waals surface area contributed by atoms with Gasteiger partial charge in [-0.1, -0.05) is 49.2 Å². The van der Waals surface area contributed by atoms with Crippen molar-refractivity contribution >= 4 is 5.78 Å². The van der Waals surface area contributed by atoms with Gasteiger partial charge in [-0.15, -0.1) is 0 Å². The highest BCUT2D eigenvalue weighted by atomic mass is 16.5. The minimum absolute atomic E-state index is 0.0594. The zero-order valence-electron chi connectivity index (χ0n) is 11.0. The molecule has 1 aliphatic carbocycles. The van der Waals surface area contributed by atoms with Gasteiger partial charge in [0, 0.05) is 17.6 Å². The number of carbonyl (C=O) groups excluding carboxylic acids is 1. The van der Waals surface area contributed by atoms with E-state index in [9.17, 15) is 15.0 Å². The maximum Gasteiger partial charge on any atom is 0.192 e. The molecule has 1 aromatic carbocycles. The van der Waals surface area contributed by atoms with Gasteiger partial charge < -0.3 is 10.2 Å². The van der Waals surface area contributed by atoms with Crippen LogP contribution in [0.2, 0.25) is 0 Å². The molecular weight excluding hydrogens is 240 g/mol. The van der Waals surface area contributed by atoms with Crippen LogP contribution in [-0.4, -0.2) is 21.8 Å². The summed E-state index contributed by atoms with van der Waals surface area (Å²) in [5, 5.41) is 19.3. The van der Waals surface area contributed by atoms with Crippen LogP contribution < -0.4 is 0 Å². The molecule has 0 radical (unpaired) electrons. The van der Waals surface area contributed by atoms with Crippen LogP contribution in [-0.2, 0) is 0 Å². The van der Waals surface area contributed by atoms with Gasteiger partial charge in [-0.3, -0.25) is 4.79 Å². The molecule has 1 aliphatic rings. The van der Waals surface area contributed by atoms with Crippen molar-refractivity contribution in [3.63, 3.8) is 0 Å². The summed E-state index contributed by atoms with van der Waals surface area (Å²) in [6.45, 7) is 2.01. The van der Waals surface area contributed by atoms with Gasteiger partial charge in [0.1, 0.15) is 0 Å². The number of hydrogen-bond donors (Lipinski definition) is 2. The Kier molecular flexibility index (Phi) is 3.98. The van der Waals surface area contributed by atoms with Gasteiger partial charge in [0.05, 0.1) is 0 Å². The van der Waals surface area contributed by atoms with E-state index in [1.807, 2.05) is 25.1 Å². The molecule has 0 unspecified atom stereocenters. The second kappa shape index (κ2) is 5.51. The summed E-state index contributed by atoms with van der Waals surface area (Å²) in [5.41, 5.74) is 2.02. The summed E-state index contributed by atoms with van der Waals surface area (Å²) >= 11 is 0. The molecule has 2 rings (SSSR count). The average Bonchev–Trinajstić information content (AvgIpc) is 2.39. The first-order valence-corrected chi connectivity index (χ1v) is 6.49. The van der Waals surface area contributed by atoms with E-state index < -0.39 is 5.79 Å². The van der Waals surface area contributed by atoms with Crippen LogP contribution in [0.3, 0.4) is 0 Å². The van der Waals surface area contributed by atoms with Crippen LogP contribution in [0.25, 0.3) is 0 Å². The number of hydrogen-bond acceptors (Lipinski definition) is 3. The number of aliphatic hydroxyl groups is 2. The Bertz CT molecular complexity index is 524. The molecule has 19 heavy (non-hydrogen) atoms. The van der Waals surface area contributed by atoms with E-state index in [-0.39, 0.29) is 12.2 Å². The molecule has 0 heterocycles. The molecule has 3 nitrogen and oxygen atoms in total. The van der Waals surface area contributed by atoms with E-state index in [2.05, 4.69) is 0 Å². The maximum atomic E-state index is 12.4. The highest BCUT2D eigenvalue weighted by Gasteiger charge is 2.28. The smallest absolute Gasteiger partial charge is 0.192 e. The van der Waals surface area contributed by atoms with Crippen molar-refractivity contribution in [2.75, 3.05) is 0 Å². The first-order valence-electron chi connectivity index (χ1n) is 6.49. The molecule has 0 saturated carbocycles. The first kappa shape index (κ1) is 13.7. The SMILES string of the molecule is CCCC1=C(C(=O)c2ccccc2)C=CC(O)(O)C1.